The summed E-state index contributed by atoms with van der Waals surface area (Å²) in [6.07, 6.45) is 6.96. The summed E-state index contributed by atoms with van der Waals surface area (Å²) in [5.74, 6) is 0.590. The first-order valence-corrected chi connectivity index (χ1v) is 9.77. The standard InChI is InChI=1S/C21H21FN2OS/c1-25-18-12-6-15(7-13-18)20-14-23-21(26-19-4-2-3-5-19)24(20)17-10-8-16(22)9-11-17/h6-14,19H,2-5H2,1H3. The van der Waals surface area contributed by atoms with E-state index < -0.39 is 0 Å². The van der Waals surface area contributed by atoms with Gasteiger partial charge in [-0.15, -0.1) is 0 Å². The molecular weight excluding hydrogens is 347 g/mol. The number of aromatic nitrogens is 2. The van der Waals surface area contributed by atoms with Gasteiger partial charge in [0, 0.05) is 16.5 Å². The summed E-state index contributed by atoms with van der Waals surface area (Å²) in [6, 6.07) is 14.6. The molecule has 1 fully saturated rings. The molecule has 0 aliphatic heterocycles. The summed E-state index contributed by atoms with van der Waals surface area (Å²) < 4.78 is 20.8. The van der Waals surface area contributed by atoms with Crippen LogP contribution < -0.4 is 4.74 Å². The number of rotatable bonds is 5. The number of nitrogens with zero attached hydrogens (tertiary/aromatic N) is 2. The summed E-state index contributed by atoms with van der Waals surface area (Å²) in [4.78, 5) is 4.70. The highest BCUT2D eigenvalue weighted by atomic mass is 32.2. The van der Waals surface area contributed by atoms with Crippen LogP contribution in [0.3, 0.4) is 0 Å². The van der Waals surface area contributed by atoms with Gasteiger partial charge < -0.3 is 4.74 Å². The van der Waals surface area contributed by atoms with E-state index in [0.717, 1.165) is 27.9 Å². The third kappa shape index (κ3) is 3.49. The third-order valence-electron chi connectivity index (χ3n) is 4.77. The monoisotopic (exact) mass is 368 g/mol. The number of ether oxygens (including phenoxy) is 1. The predicted molar refractivity (Wildman–Crippen MR) is 104 cm³/mol. The molecule has 1 aromatic heterocycles. The van der Waals surface area contributed by atoms with Crippen LogP contribution in [-0.4, -0.2) is 21.9 Å². The van der Waals surface area contributed by atoms with E-state index in [2.05, 4.69) is 4.57 Å². The van der Waals surface area contributed by atoms with Gasteiger partial charge in [0.1, 0.15) is 11.6 Å². The maximum Gasteiger partial charge on any atom is 0.173 e. The molecule has 3 aromatic rings. The molecule has 2 aromatic carbocycles. The Labute approximate surface area is 157 Å². The fourth-order valence-electron chi connectivity index (χ4n) is 3.38. The molecule has 134 valence electrons. The summed E-state index contributed by atoms with van der Waals surface area (Å²) in [6.45, 7) is 0. The van der Waals surface area contributed by atoms with Crippen molar-refractivity contribution in [3.8, 4) is 22.7 Å². The molecule has 3 nitrogen and oxygen atoms in total. The van der Waals surface area contributed by atoms with Gasteiger partial charge in [-0.2, -0.15) is 0 Å². The van der Waals surface area contributed by atoms with Crippen LogP contribution in [-0.2, 0) is 0 Å². The fraction of sp³-hybridized carbons (Fsp3) is 0.286. The van der Waals surface area contributed by atoms with Crippen molar-refractivity contribution in [2.45, 2.75) is 36.1 Å². The van der Waals surface area contributed by atoms with Crippen LogP contribution in [0.4, 0.5) is 4.39 Å². The van der Waals surface area contributed by atoms with E-state index in [4.69, 9.17) is 9.72 Å². The van der Waals surface area contributed by atoms with Crippen molar-refractivity contribution < 1.29 is 9.13 Å². The van der Waals surface area contributed by atoms with Gasteiger partial charge in [-0.3, -0.25) is 4.57 Å². The van der Waals surface area contributed by atoms with Gasteiger partial charge in [0.25, 0.3) is 0 Å². The molecule has 0 amide bonds. The van der Waals surface area contributed by atoms with Crippen LogP contribution in [0.5, 0.6) is 5.75 Å². The number of hydrogen-bond acceptors (Lipinski definition) is 3. The van der Waals surface area contributed by atoms with Crippen molar-refractivity contribution in [2.75, 3.05) is 7.11 Å². The lowest BCUT2D eigenvalue weighted by atomic mass is 10.1. The average molecular weight is 368 g/mol. The number of hydrogen-bond donors (Lipinski definition) is 0. The number of benzene rings is 2. The molecule has 4 rings (SSSR count). The first-order chi connectivity index (χ1) is 12.7. The van der Waals surface area contributed by atoms with Gasteiger partial charge in [-0.1, -0.05) is 24.6 Å². The molecule has 0 N–H and O–H groups in total. The SMILES string of the molecule is COc1ccc(-c2cnc(SC3CCCC3)n2-c2ccc(F)cc2)cc1. The van der Waals surface area contributed by atoms with Gasteiger partial charge >= 0.3 is 0 Å². The first-order valence-electron chi connectivity index (χ1n) is 8.89. The van der Waals surface area contributed by atoms with Gasteiger partial charge in [0.05, 0.1) is 19.0 Å². The Morgan fingerprint density at radius 1 is 1.04 bits per heavy atom. The minimum atomic E-state index is -0.232. The summed E-state index contributed by atoms with van der Waals surface area (Å²) in [5.41, 5.74) is 2.98. The van der Waals surface area contributed by atoms with Gasteiger partial charge in [-0.25, -0.2) is 9.37 Å². The molecule has 0 atom stereocenters. The summed E-state index contributed by atoms with van der Waals surface area (Å²) in [5, 5.41) is 1.58. The zero-order valence-electron chi connectivity index (χ0n) is 14.7. The summed E-state index contributed by atoms with van der Waals surface area (Å²) in [7, 11) is 1.66. The average Bonchev–Trinajstić information content (AvgIpc) is 3.33. The van der Waals surface area contributed by atoms with Crippen LogP contribution in [0.25, 0.3) is 16.9 Å². The highest BCUT2D eigenvalue weighted by Crippen LogP contribution is 2.37. The van der Waals surface area contributed by atoms with E-state index in [1.165, 1.54) is 37.8 Å². The van der Waals surface area contributed by atoms with Crippen molar-refractivity contribution in [3.05, 3.63) is 60.5 Å². The van der Waals surface area contributed by atoms with Crippen molar-refractivity contribution in [2.24, 2.45) is 0 Å². The van der Waals surface area contributed by atoms with Gasteiger partial charge in [-0.05, 0) is 61.4 Å². The second kappa shape index (κ2) is 7.54. The lowest BCUT2D eigenvalue weighted by Crippen LogP contribution is -2.02. The van der Waals surface area contributed by atoms with Gasteiger partial charge in [0.15, 0.2) is 5.16 Å². The predicted octanol–water partition coefficient (Wildman–Crippen LogP) is 5.72. The Hall–Kier alpha value is -2.27. The van der Waals surface area contributed by atoms with E-state index in [9.17, 15) is 4.39 Å². The van der Waals surface area contributed by atoms with Gasteiger partial charge in [0.2, 0.25) is 0 Å². The molecule has 26 heavy (non-hydrogen) atoms. The van der Waals surface area contributed by atoms with E-state index in [1.807, 2.05) is 54.4 Å². The molecular formula is C21H21FN2OS. The van der Waals surface area contributed by atoms with Crippen LogP contribution in [0.2, 0.25) is 0 Å². The Morgan fingerprint density at radius 3 is 2.38 bits per heavy atom. The summed E-state index contributed by atoms with van der Waals surface area (Å²) >= 11 is 1.83. The molecule has 1 heterocycles. The van der Waals surface area contributed by atoms with E-state index >= 15 is 0 Å². The van der Waals surface area contributed by atoms with Crippen LogP contribution in [0.1, 0.15) is 25.7 Å². The van der Waals surface area contributed by atoms with E-state index in [-0.39, 0.29) is 5.82 Å². The lowest BCUT2D eigenvalue weighted by Gasteiger charge is -2.14. The quantitative estimate of drug-likeness (QED) is 0.576. The van der Waals surface area contributed by atoms with Crippen molar-refractivity contribution >= 4 is 11.8 Å². The number of imidazole rings is 1. The molecule has 0 radical (unpaired) electrons. The topological polar surface area (TPSA) is 27.1 Å². The normalized spacial score (nSPS) is 14.7. The van der Waals surface area contributed by atoms with Crippen LogP contribution >= 0.6 is 11.8 Å². The lowest BCUT2D eigenvalue weighted by molar-refractivity contribution is 0.415. The molecule has 5 heteroatoms. The van der Waals surface area contributed by atoms with E-state index in [0.29, 0.717) is 5.25 Å². The van der Waals surface area contributed by atoms with Crippen molar-refractivity contribution in [1.29, 1.82) is 0 Å². The Balaban J connectivity index is 1.77. The smallest absolute Gasteiger partial charge is 0.173 e. The van der Waals surface area contributed by atoms with Crippen molar-refractivity contribution in [1.82, 2.24) is 9.55 Å². The molecule has 1 saturated carbocycles. The van der Waals surface area contributed by atoms with E-state index in [1.54, 1.807) is 7.11 Å². The van der Waals surface area contributed by atoms with Crippen LogP contribution in [0.15, 0.2) is 59.9 Å². The first kappa shape index (κ1) is 17.2. The fourth-order valence-corrected chi connectivity index (χ4v) is 4.67. The maximum absolute atomic E-state index is 13.4. The largest absolute Gasteiger partial charge is 0.497 e. The van der Waals surface area contributed by atoms with Crippen molar-refractivity contribution in [3.63, 3.8) is 0 Å². The number of thioether (sulfide) groups is 1. The minimum Gasteiger partial charge on any atom is -0.497 e. The second-order valence-electron chi connectivity index (χ2n) is 6.49. The molecule has 0 unspecified atom stereocenters. The zero-order chi connectivity index (χ0) is 17.9. The molecule has 0 bridgehead atoms. The highest BCUT2D eigenvalue weighted by molar-refractivity contribution is 7.99. The minimum absolute atomic E-state index is 0.232. The molecule has 0 spiro atoms. The van der Waals surface area contributed by atoms with Crippen LogP contribution in [0, 0.1) is 5.82 Å². The number of halogens is 1. The highest BCUT2D eigenvalue weighted by Gasteiger charge is 2.21. The number of methoxy groups -OCH3 is 1. The second-order valence-corrected chi connectivity index (χ2v) is 7.76. The Morgan fingerprint density at radius 2 is 1.73 bits per heavy atom. The molecule has 1 aliphatic rings. The molecule has 0 saturated heterocycles. The Bertz CT molecular complexity index is 868. The maximum atomic E-state index is 13.4. The Kier molecular flexibility index (Phi) is 4.98. The molecule has 1 aliphatic carbocycles. The third-order valence-corrected chi connectivity index (χ3v) is 6.08. The zero-order valence-corrected chi connectivity index (χ0v) is 15.5.